The summed E-state index contributed by atoms with van der Waals surface area (Å²) in [6.07, 6.45) is 1.42. The number of carboxylic acid groups (broad SMARTS) is 1. The first-order valence-corrected chi connectivity index (χ1v) is 7.75. The van der Waals surface area contributed by atoms with Crippen molar-refractivity contribution in [3.05, 3.63) is 29.3 Å². The summed E-state index contributed by atoms with van der Waals surface area (Å²) < 4.78 is 0. The topological polar surface area (TPSA) is 78.4 Å². The van der Waals surface area contributed by atoms with E-state index < -0.39 is 12.0 Å². The monoisotopic (exact) mass is 304 g/mol. The van der Waals surface area contributed by atoms with Crippen LogP contribution < -0.4 is 10.6 Å². The van der Waals surface area contributed by atoms with Crippen LogP contribution in [-0.4, -0.2) is 35.5 Å². The number of aliphatic carboxylic acids is 1. The summed E-state index contributed by atoms with van der Waals surface area (Å²) in [6, 6.07) is 5.34. The summed E-state index contributed by atoms with van der Waals surface area (Å²) in [5.41, 5.74) is 2.87. The van der Waals surface area contributed by atoms with E-state index in [1.807, 2.05) is 26.0 Å². The van der Waals surface area contributed by atoms with Gasteiger partial charge in [-0.3, -0.25) is 14.9 Å². The zero-order valence-electron chi connectivity index (χ0n) is 13.3. The molecule has 1 aromatic rings. The number of nitrogens with one attached hydrogen (secondary N) is 2. The fraction of sp³-hybridized carbons (Fsp3) is 0.529. The maximum absolute atomic E-state index is 12.3. The SMILES string of the molecule is CC(C)CC(NCC(=O)c1ccc2c(c1)CC(C)N2)C(=O)O. The number of anilines is 1. The number of rotatable bonds is 7. The highest BCUT2D eigenvalue weighted by Gasteiger charge is 2.21. The first kappa shape index (κ1) is 16.5. The Balaban J connectivity index is 1.98. The number of hydrogen-bond donors (Lipinski definition) is 3. The number of fused-ring (bicyclic) bond motifs is 1. The lowest BCUT2D eigenvalue weighted by atomic mass is 10.0. The molecule has 1 heterocycles. The zero-order chi connectivity index (χ0) is 16.3. The third-order valence-electron chi connectivity index (χ3n) is 3.87. The first-order chi connectivity index (χ1) is 10.4. The van der Waals surface area contributed by atoms with Crippen LogP contribution in [0.2, 0.25) is 0 Å². The molecule has 1 aromatic carbocycles. The van der Waals surface area contributed by atoms with Crippen molar-refractivity contribution in [2.45, 2.75) is 45.7 Å². The molecule has 5 nitrogen and oxygen atoms in total. The van der Waals surface area contributed by atoms with Crippen LogP contribution in [0.25, 0.3) is 0 Å². The van der Waals surface area contributed by atoms with Gasteiger partial charge in [-0.1, -0.05) is 13.8 Å². The summed E-state index contributed by atoms with van der Waals surface area (Å²) in [4.78, 5) is 23.5. The first-order valence-electron chi connectivity index (χ1n) is 7.75. The van der Waals surface area contributed by atoms with E-state index in [9.17, 15) is 14.7 Å². The van der Waals surface area contributed by atoms with Gasteiger partial charge in [-0.2, -0.15) is 0 Å². The Morgan fingerprint density at radius 3 is 2.77 bits per heavy atom. The fourth-order valence-corrected chi connectivity index (χ4v) is 2.78. The number of Topliss-reactive ketones (excluding diaryl/α,β-unsaturated/α-hetero) is 1. The predicted octanol–water partition coefficient (Wildman–Crippen LogP) is 2.31. The van der Waals surface area contributed by atoms with Crippen LogP contribution in [0.5, 0.6) is 0 Å². The van der Waals surface area contributed by atoms with E-state index in [0.717, 1.165) is 17.7 Å². The van der Waals surface area contributed by atoms with Crippen molar-refractivity contribution in [3.8, 4) is 0 Å². The third kappa shape index (κ3) is 4.07. The smallest absolute Gasteiger partial charge is 0.320 e. The van der Waals surface area contributed by atoms with E-state index in [4.69, 9.17) is 0 Å². The summed E-state index contributed by atoms with van der Waals surface area (Å²) >= 11 is 0. The number of carbonyl (C=O) groups is 2. The van der Waals surface area contributed by atoms with Crippen molar-refractivity contribution in [1.29, 1.82) is 0 Å². The van der Waals surface area contributed by atoms with Crippen LogP contribution in [0.1, 0.15) is 43.1 Å². The average Bonchev–Trinajstić information content (AvgIpc) is 2.81. The van der Waals surface area contributed by atoms with Gasteiger partial charge in [0, 0.05) is 17.3 Å². The summed E-state index contributed by atoms with van der Waals surface area (Å²) in [7, 11) is 0. The molecule has 0 saturated carbocycles. The van der Waals surface area contributed by atoms with Crippen LogP contribution in [-0.2, 0) is 11.2 Å². The predicted molar refractivity (Wildman–Crippen MR) is 86.4 cm³/mol. The molecule has 0 aliphatic carbocycles. The number of hydrogen-bond acceptors (Lipinski definition) is 4. The summed E-state index contributed by atoms with van der Waals surface area (Å²) in [5.74, 6) is -0.720. The molecular weight excluding hydrogens is 280 g/mol. The summed E-state index contributed by atoms with van der Waals surface area (Å²) in [5, 5.41) is 15.4. The molecular formula is C17H24N2O3. The van der Waals surface area contributed by atoms with Crippen molar-refractivity contribution < 1.29 is 14.7 Å². The molecule has 5 heteroatoms. The maximum atomic E-state index is 12.3. The normalized spacial score (nSPS) is 17.9. The van der Waals surface area contributed by atoms with E-state index in [-0.39, 0.29) is 18.2 Å². The highest BCUT2D eigenvalue weighted by atomic mass is 16.4. The molecule has 120 valence electrons. The molecule has 2 unspecified atom stereocenters. The number of benzene rings is 1. The minimum absolute atomic E-state index is 0.0471. The lowest BCUT2D eigenvalue weighted by Gasteiger charge is -2.16. The second-order valence-electron chi connectivity index (χ2n) is 6.45. The van der Waals surface area contributed by atoms with Gasteiger partial charge in [0.15, 0.2) is 5.78 Å². The van der Waals surface area contributed by atoms with E-state index in [1.54, 1.807) is 6.07 Å². The highest BCUT2D eigenvalue weighted by Crippen LogP contribution is 2.26. The largest absolute Gasteiger partial charge is 0.480 e. The average molecular weight is 304 g/mol. The third-order valence-corrected chi connectivity index (χ3v) is 3.87. The van der Waals surface area contributed by atoms with E-state index in [0.29, 0.717) is 18.0 Å². The molecule has 3 N–H and O–H groups in total. The molecule has 0 aromatic heterocycles. The van der Waals surface area contributed by atoms with Crippen molar-refractivity contribution >= 4 is 17.4 Å². The van der Waals surface area contributed by atoms with Crippen LogP contribution >= 0.6 is 0 Å². The Morgan fingerprint density at radius 2 is 2.14 bits per heavy atom. The number of carbonyl (C=O) groups excluding carboxylic acids is 1. The molecule has 0 bridgehead atoms. The fourth-order valence-electron chi connectivity index (χ4n) is 2.78. The Morgan fingerprint density at radius 1 is 1.41 bits per heavy atom. The molecule has 2 atom stereocenters. The quantitative estimate of drug-likeness (QED) is 0.674. The summed E-state index contributed by atoms with van der Waals surface area (Å²) in [6.45, 7) is 6.08. The van der Waals surface area contributed by atoms with Crippen LogP contribution in [0.4, 0.5) is 5.69 Å². The van der Waals surface area contributed by atoms with Gasteiger partial charge in [0.1, 0.15) is 6.04 Å². The van der Waals surface area contributed by atoms with Crippen LogP contribution in [0.15, 0.2) is 18.2 Å². The second-order valence-corrected chi connectivity index (χ2v) is 6.45. The van der Waals surface area contributed by atoms with Gasteiger partial charge in [0.25, 0.3) is 0 Å². The van der Waals surface area contributed by atoms with E-state index in [1.165, 1.54) is 0 Å². The number of carboxylic acids is 1. The molecule has 2 rings (SSSR count). The van der Waals surface area contributed by atoms with E-state index in [2.05, 4.69) is 17.6 Å². The standard InChI is InChI=1S/C17H24N2O3/c1-10(2)6-15(17(21)22)18-9-16(20)12-4-5-14-13(8-12)7-11(3)19-14/h4-5,8,10-11,15,18-19H,6-7,9H2,1-3H3,(H,21,22). The zero-order valence-corrected chi connectivity index (χ0v) is 13.3. The minimum atomic E-state index is -0.909. The van der Waals surface area contributed by atoms with Crippen molar-refractivity contribution in [3.63, 3.8) is 0 Å². The molecule has 0 amide bonds. The molecule has 22 heavy (non-hydrogen) atoms. The van der Waals surface area contributed by atoms with Gasteiger partial charge < -0.3 is 10.4 Å². The van der Waals surface area contributed by atoms with Gasteiger partial charge >= 0.3 is 5.97 Å². The Labute approximate surface area is 131 Å². The van der Waals surface area contributed by atoms with Crippen LogP contribution in [0, 0.1) is 5.92 Å². The molecule has 1 aliphatic rings. The van der Waals surface area contributed by atoms with Gasteiger partial charge in [-0.05, 0) is 49.4 Å². The highest BCUT2D eigenvalue weighted by molar-refractivity contribution is 5.98. The van der Waals surface area contributed by atoms with Gasteiger partial charge in [0.2, 0.25) is 0 Å². The van der Waals surface area contributed by atoms with Crippen LogP contribution in [0.3, 0.4) is 0 Å². The molecule has 0 spiro atoms. The number of ketones is 1. The Bertz CT molecular complexity index is 569. The Kier molecular flexibility index (Phi) is 5.19. The van der Waals surface area contributed by atoms with Crippen molar-refractivity contribution in [2.75, 3.05) is 11.9 Å². The molecule has 0 saturated heterocycles. The van der Waals surface area contributed by atoms with Gasteiger partial charge in [0.05, 0.1) is 6.54 Å². The van der Waals surface area contributed by atoms with E-state index >= 15 is 0 Å². The lowest BCUT2D eigenvalue weighted by Crippen LogP contribution is -2.40. The maximum Gasteiger partial charge on any atom is 0.320 e. The molecule has 1 aliphatic heterocycles. The second kappa shape index (κ2) is 6.92. The molecule has 0 fully saturated rings. The van der Waals surface area contributed by atoms with Crippen molar-refractivity contribution in [2.24, 2.45) is 5.92 Å². The Hall–Kier alpha value is -1.88. The van der Waals surface area contributed by atoms with Gasteiger partial charge in [-0.15, -0.1) is 0 Å². The lowest BCUT2D eigenvalue weighted by molar-refractivity contribution is -0.139. The molecule has 0 radical (unpaired) electrons. The minimum Gasteiger partial charge on any atom is -0.480 e. The van der Waals surface area contributed by atoms with Crippen molar-refractivity contribution in [1.82, 2.24) is 5.32 Å². The van der Waals surface area contributed by atoms with Gasteiger partial charge in [-0.25, -0.2) is 0 Å².